The normalized spacial score (nSPS) is 11.3. The quantitative estimate of drug-likeness (QED) is 0.761. The molecule has 0 aromatic carbocycles. The van der Waals surface area contributed by atoms with Gasteiger partial charge in [0.15, 0.2) is 12.4 Å². The van der Waals surface area contributed by atoms with Crippen LogP contribution in [0.2, 0.25) is 0 Å². The van der Waals surface area contributed by atoms with Crippen LogP contribution in [0, 0.1) is 5.92 Å². The Hall–Kier alpha value is -1.52. The highest BCUT2D eigenvalue weighted by Crippen LogP contribution is 2.06. The van der Waals surface area contributed by atoms with Crippen molar-refractivity contribution in [2.45, 2.75) is 47.1 Å². The lowest BCUT2D eigenvalue weighted by Crippen LogP contribution is -2.13. The molecule has 0 bridgehead atoms. The van der Waals surface area contributed by atoms with Gasteiger partial charge in [0.25, 0.3) is 0 Å². The molecule has 0 spiro atoms. The number of carbonyl (C=O) groups is 1. The average molecular weight is 244 g/mol. The highest BCUT2D eigenvalue weighted by Gasteiger charge is 2.13. The van der Waals surface area contributed by atoms with Gasteiger partial charge in [-0.1, -0.05) is 34.1 Å². The molecule has 1 heterocycles. The molecule has 0 radical (unpaired) electrons. The number of hydrogen-bond donors (Lipinski definition) is 0. The molecule has 0 aliphatic rings. The summed E-state index contributed by atoms with van der Waals surface area (Å²) in [4.78, 5) is 21.6. The average Bonchev–Trinajstić information content (AvgIpc) is 2.72. The van der Waals surface area contributed by atoms with Crippen LogP contribution in [0.15, 0.2) is 19.9 Å². The van der Waals surface area contributed by atoms with Crippen LogP contribution in [0.1, 0.15) is 46.3 Å². The third-order valence-corrected chi connectivity index (χ3v) is 1.87. The Morgan fingerprint density at radius 3 is 2.41 bits per heavy atom. The molecule has 5 nitrogen and oxygen atoms in total. The second-order valence-corrected chi connectivity index (χ2v) is 3.68. The van der Waals surface area contributed by atoms with E-state index in [0.717, 1.165) is 6.26 Å². The fourth-order valence-corrected chi connectivity index (χ4v) is 0.784. The van der Waals surface area contributed by atoms with E-state index in [1.165, 1.54) is 6.42 Å². The Morgan fingerprint density at radius 2 is 2.00 bits per heavy atom. The van der Waals surface area contributed by atoms with E-state index in [1.54, 1.807) is 6.92 Å². The van der Waals surface area contributed by atoms with Gasteiger partial charge < -0.3 is 13.6 Å². The van der Waals surface area contributed by atoms with Crippen molar-refractivity contribution >= 4 is 5.97 Å². The Kier molecular flexibility index (Phi) is 7.84. The topological polar surface area (TPSA) is 69.7 Å². The van der Waals surface area contributed by atoms with Crippen LogP contribution in [-0.2, 0) is 16.1 Å². The second-order valence-electron chi connectivity index (χ2n) is 3.68. The van der Waals surface area contributed by atoms with E-state index < -0.39 is 5.82 Å². The maximum Gasteiger partial charge on any atom is 0.518 e. The fraction of sp³-hybridized carbons (Fsp3) is 0.667. The van der Waals surface area contributed by atoms with Gasteiger partial charge in [-0.25, -0.2) is 4.79 Å². The van der Waals surface area contributed by atoms with Crippen molar-refractivity contribution < 1.29 is 18.4 Å². The van der Waals surface area contributed by atoms with Crippen molar-refractivity contribution in [3.63, 3.8) is 0 Å². The van der Waals surface area contributed by atoms with Gasteiger partial charge in [0.1, 0.15) is 6.26 Å². The van der Waals surface area contributed by atoms with Gasteiger partial charge in [0, 0.05) is 0 Å². The van der Waals surface area contributed by atoms with Crippen LogP contribution < -0.4 is 5.82 Å². The molecule has 1 aromatic rings. The van der Waals surface area contributed by atoms with E-state index in [0.29, 0.717) is 6.42 Å². The summed E-state index contributed by atoms with van der Waals surface area (Å²) in [7, 11) is 0. The van der Waals surface area contributed by atoms with Gasteiger partial charge >= 0.3 is 11.8 Å². The number of carbonyl (C=O) groups excluding carboxylic acids is 1. The van der Waals surface area contributed by atoms with E-state index in [4.69, 9.17) is 4.74 Å². The Morgan fingerprint density at radius 1 is 1.41 bits per heavy atom. The number of esters is 1. The fourth-order valence-electron chi connectivity index (χ4n) is 0.784. The molecular weight excluding hydrogens is 224 g/mol. The first-order valence-corrected chi connectivity index (χ1v) is 5.79. The standard InChI is InChI=1S/C9H12O5.C3H8/c1-3-6(2)8(10)12-4-7-5-13-9(11)14-7;1-3-2/h5-6H,3-4H2,1-2H3;3H2,1-2H3/t6-;/m1./s1. The van der Waals surface area contributed by atoms with Gasteiger partial charge in [-0.05, 0) is 6.42 Å². The summed E-state index contributed by atoms with van der Waals surface area (Å²) in [6, 6.07) is 0. The number of rotatable bonds is 4. The molecule has 0 fully saturated rings. The van der Waals surface area contributed by atoms with Crippen LogP contribution >= 0.6 is 0 Å². The van der Waals surface area contributed by atoms with Crippen molar-refractivity contribution in [3.8, 4) is 0 Å². The zero-order chi connectivity index (χ0) is 13.3. The highest BCUT2D eigenvalue weighted by molar-refractivity contribution is 5.71. The van der Waals surface area contributed by atoms with Gasteiger partial charge in [-0.15, -0.1) is 0 Å². The molecule has 5 heteroatoms. The van der Waals surface area contributed by atoms with Crippen molar-refractivity contribution in [3.05, 3.63) is 22.6 Å². The molecule has 0 saturated heterocycles. The molecule has 0 aliphatic carbocycles. The van der Waals surface area contributed by atoms with Gasteiger partial charge in [-0.3, -0.25) is 4.79 Å². The van der Waals surface area contributed by atoms with Crippen LogP contribution in [-0.4, -0.2) is 5.97 Å². The minimum absolute atomic E-state index is 0.0606. The minimum atomic E-state index is -0.792. The molecule has 0 amide bonds. The summed E-state index contributed by atoms with van der Waals surface area (Å²) in [5, 5.41) is 0. The highest BCUT2D eigenvalue weighted by atomic mass is 16.6. The first kappa shape index (κ1) is 15.5. The van der Waals surface area contributed by atoms with Crippen LogP contribution in [0.25, 0.3) is 0 Å². The lowest BCUT2D eigenvalue weighted by atomic mass is 10.1. The predicted molar refractivity (Wildman–Crippen MR) is 62.5 cm³/mol. The van der Waals surface area contributed by atoms with E-state index >= 15 is 0 Å². The first-order valence-electron chi connectivity index (χ1n) is 5.79. The smallest absolute Gasteiger partial charge is 0.457 e. The summed E-state index contributed by atoms with van der Waals surface area (Å²) < 4.78 is 13.8. The predicted octanol–water partition coefficient (Wildman–Crippen LogP) is 2.74. The van der Waals surface area contributed by atoms with E-state index in [9.17, 15) is 9.59 Å². The zero-order valence-electron chi connectivity index (χ0n) is 10.8. The maximum atomic E-state index is 11.2. The minimum Gasteiger partial charge on any atom is -0.457 e. The summed E-state index contributed by atoms with van der Waals surface area (Å²) in [5.74, 6) is -1.03. The molecule has 98 valence electrons. The molecule has 0 saturated carbocycles. The summed E-state index contributed by atoms with van der Waals surface area (Å²) in [6.45, 7) is 7.85. The van der Waals surface area contributed by atoms with Crippen molar-refractivity contribution in [2.75, 3.05) is 0 Å². The molecule has 1 atom stereocenters. The summed E-state index contributed by atoms with van der Waals surface area (Å²) >= 11 is 0. The van der Waals surface area contributed by atoms with Crippen molar-refractivity contribution in [1.82, 2.24) is 0 Å². The third-order valence-electron chi connectivity index (χ3n) is 1.87. The Bertz CT molecular complexity index is 363. The Labute approximate surface area is 101 Å². The maximum absolute atomic E-state index is 11.2. The lowest BCUT2D eigenvalue weighted by molar-refractivity contribution is -0.149. The summed E-state index contributed by atoms with van der Waals surface area (Å²) in [5.41, 5.74) is 0. The van der Waals surface area contributed by atoms with Crippen LogP contribution in [0.5, 0.6) is 0 Å². The Balaban J connectivity index is 0.000000770. The lowest BCUT2D eigenvalue weighted by Gasteiger charge is -2.06. The van der Waals surface area contributed by atoms with Crippen LogP contribution in [0.4, 0.5) is 0 Å². The zero-order valence-corrected chi connectivity index (χ0v) is 10.8. The monoisotopic (exact) mass is 244 g/mol. The molecule has 1 rings (SSSR count). The molecule has 1 aromatic heterocycles. The molecular formula is C12H20O5. The second kappa shape index (κ2) is 8.61. The molecule has 17 heavy (non-hydrogen) atoms. The van der Waals surface area contributed by atoms with Gasteiger partial charge in [-0.2, -0.15) is 0 Å². The molecule has 0 unspecified atom stereocenters. The van der Waals surface area contributed by atoms with E-state index in [-0.39, 0.29) is 24.3 Å². The third kappa shape index (κ3) is 6.60. The number of hydrogen-bond acceptors (Lipinski definition) is 5. The molecule has 0 aliphatic heterocycles. The van der Waals surface area contributed by atoms with E-state index in [1.807, 2.05) is 6.92 Å². The molecule has 0 N–H and O–H groups in total. The number of ether oxygens (including phenoxy) is 1. The van der Waals surface area contributed by atoms with Crippen molar-refractivity contribution in [1.29, 1.82) is 0 Å². The largest absolute Gasteiger partial charge is 0.518 e. The van der Waals surface area contributed by atoms with E-state index in [2.05, 4.69) is 22.7 Å². The summed E-state index contributed by atoms with van der Waals surface area (Å²) in [6.07, 6.45) is 3.10. The van der Waals surface area contributed by atoms with Gasteiger partial charge in [0.2, 0.25) is 0 Å². The van der Waals surface area contributed by atoms with Gasteiger partial charge in [0.05, 0.1) is 5.92 Å². The first-order chi connectivity index (χ1) is 8.04. The van der Waals surface area contributed by atoms with Crippen LogP contribution in [0.3, 0.4) is 0 Å². The van der Waals surface area contributed by atoms with Crippen molar-refractivity contribution in [2.24, 2.45) is 5.92 Å². The SMILES string of the molecule is CCC.CC[C@@H](C)C(=O)OCc1coc(=O)o1.